The average Bonchev–Trinajstić information content (AvgIpc) is 2.99. The molecule has 25 heavy (non-hydrogen) atoms. The predicted molar refractivity (Wildman–Crippen MR) is 89.4 cm³/mol. The largest absolute Gasteiger partial charge is 0.399 e. The minimum Gasteiger partial charge on any atom is -0.367 e. The second-order valence-corrected chi connectivity index (χ2v) is 5.45. The number of imidazole rings is 1. The van der Waals surface area contributed by atoms with E-state index in [0.717, 1.165) is 0 Å². The van der Waals surface area contributed by atoms with Gasteiger partial charge in [-0.2, -0.15) is 0 Å². The second-order valence-electron chi connectivity index (χ2n) is 5.45. The minimum absolute atomic E-state index is 0.0955. The number of aromatic nitrogens is 2. The van der Waals surface area contributed by atoms with Gasteiger partial charge in [0.1, 0.15) is 11.5 Å². The molecule has 0 spiro atoms. The molecule has 0 unspecified atom stereocenters. The first-order valence-electron chi connectivity index (χ1n) is 7.61. The zero-order chi connectivity index (χ0) is 18.0. The molecular formula is C17H16F2N4O2. The zero-order valence-corrected chi connectivity index (χ0v) is 13.4. The Morgan fingerprint density at radius 3 is 2.88 bits per heavy atom. The van der Waals surface area contributed by atoms with Gasteiger partial charge in [-0.3, -0.25) is 4.40 Å². The topological polar surface area (TPSA) is 81.6 Å². The number of hydrogen-bond donors (Lipinski definition) is 2. The maximum Gasteiger partial charge on any atom is 0.399 e. The van der Waals surface area contributed by atoms with E-state index in [1.54, 1.807) is 37.4 Å². The van der Waals surface area contributed by atoms with E-state index in [2.05, 4.69) is 15.2 Å². The van der Waals surface area contributed by atoms with Crippen LogP contribution in [0.3, 0.4) is 0 Å². The Morgan fingerprint density at radius 1 is 1.36 bits per heavy atom. The molecule has 0 aliphatic rings. The van der Waals surface area contributed by atoms with Crippen LogP contribution in [0.1, 0.15) is 16.1 Å². The van der Waals surface area contributed by atoms with Crippen LogP contribution in [-0.2, 0) is 4.94 Å². The van der Waals surface area contributed by atoms with E-state index in [1.807, 2.05) is 0 Å². The third-order valence-electron chi connectivity index (χ3n) is 3.90. The molecule has 8 heteroatoms. The van der Waals surface area contributed by atoms with Gasteiger partial charge >= 0.3 is 5.97 Å². The van der Waals surface area contributed by atoms with Crippen LogP contribution in [-0.4, -0.2) is 28.4 Å². The normalized spacial score (nSPS) is 10.9. The average molecular weight is 346 g/mol. The fourth-order valence-corrected chi connectivity index (χ4v) is 2.67. The van der Waals surface area contributed by atoms with Gasteiger partial charge < -0.3 is 11.1 Å². The van der Waals surface area contributed by atoms with E-state index in [9.17, 15) is 13.7 Å². The van der Waals surface area contributed by atoms with Crippen molar-refractivity contribution in [2.75, 3.05) is 18.4 Å². The Balaban J connectivity index is 2.19. The number of hydrogen-bond acceptors (Lipinski definition) is 5. The Morgan fingerprint density at radius 2 is 2.16 bits per heavy atom. The van der Waals surface area contributed by atoms with E-state index in [-0.39, 0.29) is 17.3 Å². The summed E-state index contributed by atoms with van der Waals surface area (Å²) < 4.78 is 27.8. The number of nitrogens with one attached hydrogen (secondary N) is 1. The van der Waals surface area contributed by atoms with Crippen LogP contribution in [0.5, 0.6) is 0 Å². The molecule has 0 bridgehead atoms. The van der Waals surface area contributed by atoms with Gasteiger partial charge in [0.2, 0.25) is 0 Å². The van der Waals surface area contributed by atoms with Crippen molar-refractivity contribution in [1.29, 1.82) is 0 Å². The van der Waals surface area contributed by atoms with E-state index in [1.165, 1.54) is 10.5 Å². The molecular weight excluding hydrogens is 330 g/mol. The Hall–Kier alpha value is -3.00. The van der Waals surface area contributed by atoms with Crippen LogP contribution in [0.2, 0.25) is 0 Å². The molecule has 2 heterocycles. The number of fused-ring (bicyclic) bond motifs is 1. The molecule has 3 rings (SSSR count). The second kappa shape index (κ2) is 6.86. The first kappa shape index (κ1) is 16.8. The maximum atomic E-state index is 13.8. The van der Waals surface area contributed by atoms with Gasteiger partial charge in [-0.1, -0.05) is 12.1 Å². The number of anilines is 1. The third kappa shape index (κ3) is 3.03. The number of nitrogens with zero attached hydrogens (tertiary/aromatic N) is 2. The molecule has 0 atom stereocenters. The lowest BCUT2D eigenvalue weighted by Crippen LogP contribution is -2.16. The molecule has 0 radical (unpaired) electrons. The quantitative estimate of drug-likeness (QED) is 0.742. The first-order chi connectivity index (χ1) is 12.1. The molecule has 3 N–H and O–H groups in total. The van der Waals surface area contributed by atoms with Crippen LogP contribution in [0.25, 0.3) is 16.8 Å². The summed E-state index contributed by atoms with van der Waals surface area (Å²) in [7, 11) is 0. The smallest absolute Gasteiger partial charge is 0.367 e. The van der Waals surface area contributed by atoms with Gasteiger partial charge in [-0.15, -0.1) is 0 Å². The molecule has 0 amide bonds. The lowest BCUT2D eigenvalue weighted by Gasteiger charge is -2.08. The predicted octanol–water partition coefficient (Wildman–Crippen LogP) is 2.86. The summed E-state index contributed by atoms with van der Waals surface area (Å²) in [4.78, 5) is 19.5. The number of carbonyl (C=O) groups excluding carboxylic acids is 1. The van der Waals surface area contributed by atoms with Gasteiger partial charge in [0.15, 0.2) is 11.5 Å². The van der Waals surface area contributed by atoms with Crippen LogP contribution in [0, 0.1) is 12.7 Å². The van der Waals surface area contributed by atoms with E-state index in [4.69, 9.17) is 5.73 Å². The van der Waals surface area contributed by atoms with Crippen LogP contribution >= 0.6 is 0 Å². The Kier molecular flexibility index (Phi) is 4.62. The standard InChI is InChI=1S/C17H16F2N4O2/c1-10-12(3-2-4-13(10)18)11-5-6-14-22-16(21-8-7-20)15(17(24)25-19)23(14)9-11/h2-6,9,21H,7-8,20H2,1H3. The summed E-state index contributed by atoms with van der Waals surface area (Å²) in [6.45, 7) is 2.33. The van der Waals surface area contributed by atoms with Crippen molar-refractivity contribution in [2.45, 2.75) is 6.92 Å². The highest BCUT2D eigenvalue weighted by atomic mass is 19.3. The van der Waals surface area contributed by atoms with Gasteiger partial charge in [0.25, 0.3) is 0 Å². The highest BCUT2D eigenvalue weighted by Gasteiger charge is 2.22. The third-order valence-corrected chi connectivity index (χ3v) is 3.90. The van der Waals surface area contributed by atoms with Gasteiger partial charge in [0.05, 0.1) is 0 Å². The van der Waals surface area contributed by atoms with E-state index in [0.29, 0.717) is 35.4 Å². The maximum absolute atomic E-state index is 13.8. The van der Waals surface area contributed by atoms with Crippen molar-refractivity contribution in [3.63, 3.8) is 0 Å². The first-order valence-corrected chi connectivity index (χ1v) is 7.61. The SMILES string of the molecule is Cc1c(F)cccc1-c1ccc2nc(NCCN)c(C(=O)OF)n2c1. The summed E-state index contributed by atoms with van der Waals surface area (Å²) in [6, 6.07) is 8.14. The van der Waals surface area contributed by atoms with Crippen molar-refractivity contribution in [3.8, 4) is 11.1 Å². The van der Waals surface area contributed by atoms with Gasteiger partial charge in [-0.25, -0.2) is 19.1 Å². The summed E-state index contributed by atoms with van der Waals surface area (Å²) in [5.41, 5.74) is 7.54. The Labute approximate surface area is 142 Å². The van der Waals surface area contributed by atoms with Gasteiger partial charge in [-0.05, 0) is 41.8 Å². The number of rotatable bonds is 5. The number of halogens is 2. The molecule has 0 fully saturated rings. The van der Waals surface area contributed by atoms with Crippen molar-refractivity contribution in [2.24, 2.45) is 5.73 Å². The summed E-state index contributed by atoms with van der Waals surface area (Å²) in [6.07, 6.45) is 1.59. The van der Waals surface area contributed by atoms with E-state index < -0.39 is 5.97 Å². The molecule has 1 aromatic carbocycles. The van der Waals surface area contributed by atoms with Crippen LogP contribution in [0.15, 0.2) is 36.5 Å². The fraction of sp³-hybridized carbons (Fsp3) is 0.176. The fourth-order valence-electron chi connectivity index (χ4n) is 2.67. The number of benzene rings is 1. The molecule has 2 aromatic heterocycles. The minimum atomic E-state index is -1.18. The zero-order valence-electron chi connectivity index (χ0n) is 13.4. The summed E-state index contributed by atoms with van der Waals surface area (Å²) >= 11 is 0. The van der Waals surface area contributed by atoms with Crippen LogP contribution in [0.4, 0.5) is 14.7 Å². The molecule has 0 aliphatic heterocycles. The number of pyridine rings is 1. The summed E-state index contributed by atoms with van der Waals surface area (Å²) in [5, 5.41) is 2.86. The van der Waals surface area contributed by atoms with Crippen molar-refractivity contribution >= 4 is 17.4 Å². The number of carbonyl (C=O) groups is 1. The highest BCUT2D eigenvalue weighted by Crippen LogP contribution is 2.27. The molecule has 0 aliphatic carbocycles. The molecule has 0 saturated heterocycles. The molecule has 0 saturated carbocycles. The number of nitrogens with two attached hydrogens (primary N) is 1. The Bertz CT molecular complexity index is 940. The van der Waals surface area contributed by atoms with Crippen molar-refractivity contribution in [1.82, 2.24) is 9.38 Å². The lowest BCUT2D eigenvalue weighted by atomic mass is 10.0. The highest BCUT2D eigenvalue weighted by molar-refractivity contribution is 5.94. The van der Waals surface area contributed by atoms with Crippen LogP contribution < -0.4 is 11.1 Å². The molecule has 3 aromatic rings. The monoisotopic (exact) mass is 346 g/mol. The van der Waals surface area contributed by atoms with Gasteiger partial charge in [0, 0.05) is 23.8 Å². The summed E-state index contributed by atoms with van der Waals surface area (Å²) in [5.74, 6) is -1.35. The van der Waals surface area contributed by atoms with Crippen molar-refractivity contribution < 1.29 is 18.7 Å². The molecule has 130 valence electrons. The van der Waals surface area contributed by atoms with Crippen molar-refractivity contribution in [3.05, 3.63) is 53.6 Å². The van der Waals surface area contributed by atoms with E-state index >= 15 is 0 Å². The molecule has 6 nitrogen and oxygen atoms in total. The lowest BCUT2D eigenvalue weighted by molar-refractivity contribution is -0.0793.